The summed E-state index contributed by atoms with van der Waals surface area (Å²) in [4.78, 5) is 6.69. The quantitative estimate of drug-likeness (QED) is 0.914. The van der Waals surface area contributed by atoms with Crippen molar-refractivity contribution >= 4 is 0 Å². The third-order valence-electron chi connectivity index (χ3n) is 3.81. The first-order valence-corrected chi connectivity index (χ1v) is 7.42. The molecule has 1 unspecified atom stereocenters. The SMILES string of the molecule is NCc1ncccc1OC1CCN(Cc2ccccc2)C1. The molecule has 1 aliphatic rings. The number of ether oxygens (including phenoxy) is 1. The van der Waals surface area contributed by atoms with Crippen molar-refractivity contribution in [2.45, 2.75) is 25.6 Å². The molecule has 0 spiro atoms. The summed E-state index contributed by atoms with van der Waals surface area (Å²) in [5.74, 6) is 0.826. The predicted molar refractivity (Wildman–Crippen MR) is 82.9 cm³/mol. The van der Waals surface area contributed by atoms with Crippen LogP contribution in [0.1, 0.15) is 17.7 Å². The Kier molecular flexibility index (Phi) is 4.48. The predicted octanol–water partition coefficient (Wildman–Crippen LogP) is 2.19. The van der Waals surface area contributed by atoms with Crippen LogP contribution in [0.2, 0.25) is 0 Å². The topological polar surface area (TPSA) is 51.4 Å². The maximum absolute atomic E-state index is 6.08. The zero-order valence-corrected chi connectivity index (χ0v) is 12.1. The van der Waals surface area contributed by atoms with Crippen molar-refractivity contribution in [1.29, 1.82) is 0 Å². The minimum atomic E-state index is 0.225. The number of hydrogen-bond donors (Lipinski definition) is 1. The van der Waals surface area contributed by atoms with Gasteiger partial charge in [0.25, 0.3) is 0 Å². The highest BCUT2D eigenvalue weighted by molar-refractivity contribution is 5.27. The molecule has 1 saturated heterocycles. The van der Waals surface area contributed by atoms with Crippen molar-refractivity contribution in [1.82, 2.24) is 9.88 Å². The molecule has 3 rings (SSSR count). The summed E-state index contributed by atoms with van der Waals surface area (Å²) in [5, 5.41) is 0. The van der Waals surface area contributed by atoms with Crippen LogP contribution >= 0.6 is 0 Å². The van der Waals surface area contributed by atoms with Crippen LogP contribution in [0.4, 0.5) is 0 Å². The molecule has 2 heterocycles. The number of nitrogens with two attached hydrogens (primary N) is 1. The fraction of sp³-hybridized carbons (Fsp3) is 0.353. The molecular weight excluding hydrogens is 262 g/mol. The first-order chi connectivity index (χ1) is 10.3. The van der Waals surface area contributed by atoms with E-state index in [2.05, 4.69) is 40.2 Å². The number of benzene rings is 1. The van der Waals surface area contributed by atoms with Gasteiger partial charge in [0.1, 0.15) is 11.9 Å². The fourth-order valence-corrected chi connectivity index (χ4v) is 2.74. The maximum Gasteiger partial charge on any atom is 0.142 e. The Morgan fingerprint density at radius 1 is 1.19 bits per heavy atom. The van der Waals surface area contributed by atoms with Gasteiger partial charge in [-0.25, -0.2) is 0 Å². The van der Waals surface area contributed by atoms with E-state index in [1.54, 1.807) is 6.20 Å². The molecule has 1 fully saturated rings. The van der Waals surface area contributed by atoms with Gasteiger partial charge in [0.15, 0.2) is 0 Å². The largest absolute Gasteiger partial charge is 0.487 e. The first-order valence-electron chi connectivity index (χ1n) is 7.42. The third kappa shape index (κ3) is 3.60. The van der Waals surface area contributed by atoms with E-state index in [1.807, 2.05) is 12.1 Å². The fourth-order valence-electron chi connectivity index (χ4n) is 2.74. The summed E-state index contributed by atoms with van der Waals surface area (Å²) in [6, 6.07) is 14.4. The molecule has 4 heteroatoms. The highest BCUT2D eigenvalue weighted by Crippen LogP contribution is 2.21. The highest BCUT2D eigenvalue weighted by Gasteiger charge is 2.24. The van der Waals surface area contributed by atoms with E-state index >= 15 is 0 Å². The summed E-state index contributed by atoms with van der Waals surface area (Å²) in [5.41, 5.74) is 7.88. The van der Waals surface area contributed by atoms with Crippen molar-refractivity contribution in [3.8, 4) is 5.75 Å². The van der Waals surface area contributed by atoms with Crippen LogP contribution in [0.15, 0.2) is 48.7 Å². The average Bonchev–Trinajstić information content (AvgIpc) is 2.96. The molecule has 0 bridgehead atoms. The molecule has 0 aliphatic carbocycles. The molecule has 1 aliphatic heterocycles. The lowest BCUT2D eigenvalue weighted by atomic mass is 10.2. The lowest BCUT2D eigenvalue weighted by Gasteiger charge is -2.18. The van der Waals surface area contributed by atoms with Gasteiger partial charge in [0, 0.05) is 32.4 Å². The Bertz CT molecular complexity index is 573. The van der Waals surface area contributed by atoms with Crippen molar-refractivity contribution < 1.29 is 4.74 Å². The number of pyridine rings is 1. The number of rotatable bonds is 5. The minimum Gasteiger partial charge on any atom is -0.487 e. The molecular formula is C17H21N3O. The van der Waals surface area contributed by atoms with Gasteiger partial charge in [-0.3, -0.25) is 9.88 Å². The van der Waals surface area contributed by atoms with Crippen LogP contribution in [0.5, 0.6) is 5.75 Å². The van der Waals surface area contributed by atoms with Crippen LogP contribution in [0.25, 0.3) is 0 Å². The van der Waals surface area contributed by atoms with Gasteiger partial charge in [-0.1, -0.05) is 30.3 Å². The Balaban J connectivity index is 1.57. The second kappa shape index (κ2) is 6.70. The van der Waals surface area contributed by atoms with Crippen molar-refractivity contribution in [3.63, 3.8) is 0 Å². The smallest absolute Gasteiger partial charge is 0.142 e. The molecule has 110 valence electrons. The molecule has 1 atom stereocenters. The highest BCUT2D eigenvalue weighted by atomic mass is 16.5. The van der Waals surface area contributed by atoms with Gasteiger partial charge in [-0.2, -0.15) is 0 Å². The lowest BCUT2D eigenvalue weighted by Crippen LogP contribution is -2.25. The van der Waals surface area contributed by atoms with E-state index in [9.17, 15) is 0 Å². The van der Waals surface area contributed by atoms with E-state index in [4.69, 9.17) is 10.5 Å². The van der Waals surface area contributed by atoms with Gasteiger partial charge < -0.3 is 10.5 Å². The van der Waals surface area contributed by atoms with Crippen LogP contribution in [-0.4, -0.2) is 29.1 Å². The monoisotopic (exact) mass is 283 g/mol. The van der Waals surface area contributed by atoms with Gasteiger partial charge in [0.2, 0.25) is 0 Å². The molecule has 1 aromatic heterocycles. The second-order valence-corrected chi connectivity index (χ2v) is 5.40. The normalized spacial score (nSPS) is 18.8. The van der Waals surface area contributed by atoms with Gasteiger partial charge >= 0.3 is 0 Å². The maximum atomic E-state index is 6.08. The molecule has 4 nitrogen and oxygen atoms in total. The number of nitrogens with zero attached hydrogens (tertiary/aromatic N) is 2. The second-order valence-electron chi connectivity index (χ2n) is 5.40. The Labute approximate surface area is 125 Å². The van der Waals surface area contributed by atoms with E-state index in [0.717, 1.165) is 37.5 Å². The summed E-state index contributed by atoms with van der Waals surface area (Å²) in [7, 11) is 0. The lowest BCUT2D eigenvalue weighted by molar-refractivity contribution is 0.196. The third-order valence-corrected chi connectivity index (χ3v) is 3.81. The minimum absolute atomic E-state index is 0.225. The zero-order valence-electron chi connectivity index (χ0n) is 12.1. The van der Waals surface area contributed by atoms with E-state index < -0.39 is 0 Å². The van der Waals surface area contributed by atoms with Gasteiger partial charge in [-0.05, 0) is 24.1 Å². The summed E-state index contributed by atoms with van der Waals surface area (Å²) >= 11 is 0. The van der Waals surface area contributed by atoms with Crippen LogP contribution in [-0.2, 0) is 13.1 Å². The Morgan fingerprint density at radius 2 is 2.05 bits per heavy atom. The zero-order chi connectivity index (χ0) is 14.5. The van der Waals surface area contributed by atoms with Crippen molar-refractivity contribution in [2.24, 2.45) is 5.73 Å². The molecule has 0 amide bonds. The summed E-state index contributed by atoms with van der Waals surface area (Å²) in [6.45, 7) is 3.42. The number of aromatic nitrogens is 1. The van der Waals surface area contributed by atoms with Crippen LogP contribution in [0, 0.1) is 0 Å². The summed E-state index contributed by atoms with van der Waals surface area (Å²) < 4.78 is 6.08. The average molecular weight is 283 g/mol. The van der Waals surface area contributed by atoms with Crippen molar-refractivity contribution in [2.75, 3.05) is 13.1 Å². The van der Waals surface area contributed by atoms with Gasteiger partial charge in [0.05, 0.1) is 5.69 Å². The standard InChI is InChI=1S/C17H21N3O/c18-11-16-17(7-4-9-19-16)21-15-8-10-20(13-15)12-14-5-2-1-3-6-14/h1-7,9,15H,8,10-13,18H2. The molecule has 21 heavy (non-hydrogen) atoms. The molecule has 1 aromatic carbocycles. The number of likely N-dealkylation sites (tertiary alicyclic amines) is 1. The Hall–Kier alpha value is -1.91. The molecule has 0 saturated carbocycles. The summed E-state index contributed by atoms with van der Waals surface area (Å²) in [6.07, 6.45) is 3.03. The Morgan fingerprint density at radius 3 is 2.86 bits per heavy atom. The first kappa shape index (κ1) is 14.0. The molecule has 2 N–H and O–H groups in total. The van der Waals surface area contributed by atoms with Crippen molar-refractivity contribution in [3.05, 3.63) is 59.9 Å². The number of hydrogen-bond acceptors (Lipinski definition) is 4. The van der Waals surface area contributed by atoms with E-state index in [1.165, 1.54) is 5.56 Å². The van der Waals surface area contributed by atoms with Crippen LogP contribution in [0.3, 0.4) is 0 Å². The van der Waals surface area contributed by atoms with E-state index in [-0.39, 0.29) is 6.10 Å². The molecule has 2 aromatic rings. The van der Waals surface area contributed by atoms with E-state index in [0.29, 0.717) is 6.54 Å². The van der Waals surface area contributed by atoms with Crippen LogP contribution < -0.4 is 10.5 Å². The van der Waals surface area contributed by atoms with Gasteiger partial charge in [-0.15, -0.1) is 0 Å². The molecule has 0 radical (unpaired) electrons.